The average molecular weight is 361 g/mol. The predicted octanol–water partition coefficient (Wildman–Crippen LogP) is 3.91. The van der Waals surface area contributed by atoms with Crippen LogP contribution in [0.25, 0.3) is 6.08 Å². The molecule has 0 saturated carbocycles. The van der Waals surface area contributed by atoms with Gasteiger partial charge in [0.2, 0.25) is 5.91 Å². The van der Waals surface area contributed by atoms with Crippen LogP contribution in [0.15, 0.2) is 51.9 Å². The Morgan fingerprint density at radius 1 is 1.27 bits per heavy atom. The van der Waals surface area contributed by atoms with Crippen LogP contribution < -0.4 is 10.9 Å². The molecule has 1 amide bonds. The van der Waals surface area contributed by atoms with E-state index in [4.69, 9.17) is 0 Å². The summed E-state index contributed by atoms with van der Waals surface area (Å²) in [6.07, 6.45) is 4.64. The molecule has 2 aromatic rings. The number of aromatic amines is 1. The normalized spacial score (nSPS) is 11.1. The summed E-state index contributed by atoms with van der Waals surface area (Å²) in [6, 6.07) is 9.57. The summed E-state index contributed by atoms with van der Waals surface area (Å²) in [7, 11) is 0. The van der Waals surface area contributed by atoms with Gasteiger partial charge in [-0.1, -0.05) is 38.1 Å². The van der Waals surface area contributed by atoms with Crippen molar-refractivity contribution < 1.29 is 4.79 Å². The lowest BCUT2D eigenvalue weighted by Crippen LogP contribution is -2.17. The zero-order valence-electron chi connectivity index (χ0n) is 12.4. The number of carbonyl (C=O) groups is 1. The molecule has 0 bridgehead atoms. The fourth-order valence-electron chi connectivity index (χ4n) is 1.89. The van der Waals surface area contributed by atoms with E-state index in [0.29, 0.717) is 10.4 Å². The van der Waals surface area contributed by atoms with Gasteiger partial charge in [-0.05, 0) is 45.1 Å². The number of rotatable bonds is 4. The number of pyridine rings is 1. The second kappa shape index (κ2) is 7.22. The summed E-state index contributed by atoms with van der Waals surface area (Å²) in [5, 5.41) is 2.55. The highest BCUT2D eigenvalue weighted by atomic mass is 79.9. The second-order valence-electron chi connectivity index (χ2n) is 5.20. The lowest BCUT2D eigenvalue weighted by molar-refractivity contribution is -0.111. The largest absolute Gasteiger partial charge is 0.326 e. The predicted molar refractivity (Wildman–Crippen MR) is 93.0 cm³/mol. The fourth-order valence-corrected chi connectivity index (χ4v) is 2.23. The van der Waals surface area contributed by atoms with Gasteiger partial charge < -0.3 is 10.3 Å². The Hall–Kier alpha value is -2.14. The van der Waals surface area contributed by atoms with Crippen molar-refractivity contribution in [2.75, 3.05) is 5.32 Å². The summed E-state index contributed by atoms with van der Waals surface area (Å²) < 4.78 is 0.690. The van der Waals surface area contributed by atoms with Gasteiger partial charge in [-0.15, -0.1) is 0 Å². The van der Waals surface area contributed by atoms with Crippen molar-refractivity contribution in [3.63, 3.8) is 0 Å². The summed E-state index contributed by atoms with van der Waals surface area (Å²) in [5.74, 6) is 0.126. The number of carbonyl (C=O) groups excluding carboxylic acids is 1. The number of amides is 1. The maximum absolute atomic E-state index is 11.9. The standard InChI is InChI=1S/C17H17BrN2O2/c1-11(2)13-6-3-12(4-7-13)5-8-16(21)20-15-9-14(18)10-19-17(15)22/h3-11H,1-2H3,(H,19,22)(H,20,21)/b8-5+. The van der Waals surface area contributed by atoms with Gasteiger partial charge in [0.15, 0.2) is 0 Å². The van der Waals surface area contributed by atoms with Gasteiger partial charge in [-0.25, -0.2) is 0 Å². The molecule has 0 saturated heterocycles. The molecule has 0 fully saturated rings. The first-order valence-electron chi connectivity index (χ1n) is 6.93. The first-order valence-corrected chi connectivity index (χ1v) is 7.72. The highest BCUT2D eigenvalue weighted by molar-refractivity contribution is 9.10. The van der Waals surface area contributed by atoms with E-state index in [9.17, 15) is 9.59 Å². The molecule has 1 aromatic heterocycles. The molecule has 0 aliphatic heterocycles. The van der Waals surface area contributed by atoms with Gasteiger partial charge in [-0.2, -0.15) is 0 Å². The number of H-pyrrole nitrogens is 1. The Morgan fingerprint density at radius 3 is 2.59 bits per heavy atom. The van der Waals surface area contributed by atoms with Crippen molar-refractivity contribution in [2.45, 2.75) is 19.8 Å². The Kier molecular flexibility index (Phi) is 5.33. The highest BCUT2D eigenvalue weighted by Gasteiger charge is 2.03. The minimum absolute atomic E-state index is 0.208. The van der Waals surface area contributed by atoms with Crippen LogP contribution in [0.5, 0.6) is 0 Å². The van der Waals surface area contributed by atoms with Gasteiger partial charge in [0.05, 0.1) is 0 Å². The summed E-state index contributed by atoms with van der Waals surface area (Å²) in [5.41, 5.74) is 2.05. The fraction of sp³-hybridized carbons (Fsp3) is 0.176. The van der Waals surface area contributed by atoms with Crippen molar-refractivity contribution >= 4 is 33.6 Å². The first-order chi connectivity index (χ1) is 10.5. The third kappa shape index (κ3) is 4.43. The molecule has 0 unspecified atom stereocenters. The van der Waals surface area contributed by atoms with Crippen molar-refractivity contribution in [3.8, 4) is 0 Å². The van der Waals surface area contributed by atoms with Crippen LogP contribution in [0.4, 0.5) is 5.69 Å². The third-order valence-corrected chi connectivity index (χ3v) is 3.61. The Labute approximate surface area is 137 Å². The molecule has 5 heteroatoms. The topological polar surface area (TPSA) is 62.0 Å². The lowest BCUT2D eigenvalue weighted by Gasteiger charge is -2.04. The average Bonchev–Trinajstić information content (AvgIpc) is 2.49. The van der Waals surface area contributed by atoms with Crippen LogP contribution in [0.1, 0.15) is 30.9 Å². The van der Waals surface area contributed by atoms with Crippen LogP contribution in [0.3, 0.4) is 0 Å². The van der Waals surface area contributed by atoms with E-state index >= 15 is 0 Å². The van der Waals surface area contributed by atoms with E-state index in [1.807, 2.05) is 24.3 Å². The van der Waals surface area contributed by atoms with E-state index in [1.165, 1.54) is 17.8 Å². The van der Waals surface area contributed by atoms with Crippen LogP contribution in [0.2, 0.25) is 0 Å². The highest BCUT2D eigenvalue weighted by Crippen LogP contribution is 2.15. The molecular formula is C17H17BrN2O2. The minimum atomic E-state index is -0.350. The van der Waals surface area contributed by atoms with Crippen LogP contribution in [-0.2, 0) is 4.79 Å². The number of benzene rings is 1. The Balaban J connectivity index is 2.05. The molecule has 1 aromatic carbocycles. The molecule has 114 valence electrons. The van der Waals surface area contributed by atoms with E-state index < -0.39 is 0 Å². The quantitative estimate of drug-likeness (QED) is 0.811. The zero-order chi connectivity index (χ0) is 16.1. The molecule has 2 rings (SSSR count). The zero-order valence-corrected chi connectivity index (χ0v) is 14.0. The molecule has 0 aliphatic rings. The number of aromatic nitrogens is 1. The van der Waals surface area contributed by atoms with E-state index in [-0.39, 0.29) is 17.2 Å². The molecule has 0 spiro atoms. The van der Waals surface area contributed by atoms with Crippen molar-refractivity contribution in [1.82, 2.24) is 4.98 Å². The van der Waals surface area contributed by atoms with Gasteiger partial charge in [0.1, 0.15) is 5.69 Å². The van der Waals surface area contributed by atoms with Crippen LogP contribution in [-0.4, -0.2) is 10.9 Å². The van der Waals surface area contributed by atoms with Crippen molar-refractivity contribution in [2.24, 2.45) is 0 Å². The molecule has 0 atom stereocenters. The lowest BCUT2D eigenvalue weighted by atomic mass is 10.0. The number of hydrogen-bond donors (Lipinski definition) is 2. The van der Waals surface area contributed by atoms with E-state index in [1.54, 1.807) is 12.1 Å². The maximum atomic E-state index is 11.9. The minimum Gasteiger partial charge on any atom is -0.326 e. The summed E-state index contributed by atoms with van der Waals surface area (Å²) >= 11 is 3.24. The molecule has 22 heavy (non-hydrogen) atoms. The third-order valence-electron chi connectivity index (χ3n) is 3.16. The molecular weight excluding hydrogens is 344 g/mol. The monoisotopic (exact) mass is 360 g/mol. The first kappa shape index (κ1) is 16.2. The molecule has 4 nitrogen and oxygen atoms in total. The van der Waals surface area contributed by atoms with E-state index in [0.717, 1.165) is 5.56 Å². The SMILES string of the molecule is CC(C)c1ccc(/C=C/C(=O)Nc2cc(Br)c[nH]c2=O)cc1. The second-order valence-corrected chi connectivity index (χ2v) is 6.12. The number of anilines is 1. The molecule has 2 N–H and O–H groups in total. The summed E-state index contributed by atoms with van der Waals surface area (Å²) in [6.45, 7) is 4.27. The Morgan fingerprint density at radius 2 is 1.95 bits per heavy atom. The van der Waals surface area contributed by atoms with E-state index in [2.05, 4.69) is 40.1 Å². The van der Waals surface area contributed by atoms with Gasteiger partial charge in [0.25, 0.3) is 5.56 Å². The molecule has 0 aliphatic carbocycles. The van der Waals surface area contributed by atoms with Gasteiger partial charge >= 0.3 is 0 Å². The van der Waals surface area contributed by atoms with Crippen molar-refractivity contribution in [1.29, 1.82) is 0 Å². The van der Waals surface area contributed by atoms with Gasteiger partial charge in [0, 0.05) is 16.7 Å². The van der Waals surface area contributed by atoms with Crippen LogP contribution >= 0.6 is 15.9 Å². The summed E-state index contributed by atoms with van der Waals surface area (Å²) in [4.78, 5) is 25.9. The number of nitrogens with one attached hydrogen (secondary N) is 2. The van der Waals surface area contributed by atoms with Gasteiger partial charge in [-0.3, -0.25) is 9.59 Å². The molecule has 1 heterocycles. The smallest absolute Gasteiger partial charge is 0.271 e. The maximum Gasteiger partial charge on any atom is 0.271 e. The van der Waals surface area contributed by atoms with Crippen molar-refractivity contribution in [3.05, 3.63) is 68.6 Å². The number of halogens is 1. The molecule has 0 radical (unpaired) electrons. The number of hydrogen-bond acceptors (Lipinski definition) is 2. The van der Waals surface area contributed by atoms with Crippen LogP contribution in [0, 0.1) is 0 Å². The Bertz CT molecular complexity index is 746.